The third-order valence-corrected chi connectivity index (χ3v) is 5.57. The van der Waals surface area contributed by atoms with Gasteiger partial charge in [0.05, 0.1) is 11.3 Å². The van der Waals surface area contributed by atoms with Crippen molar-refractivity contribution in [2.45, 2.75) is 12.1 Å². The van der Waals surface area contributed by atoms with E-state index >= 15 is 0 Å². The zero-order valence-corrected chi connectivity index (χ0v) is 17.6. The molecule has 2 aromatic heterocycles. The molecule has 1 N–H and O–H groups in total. The first-order valence-corrected chi connectivity index (χ1v) is 10.2. The Morgan fingerprint density at radius 2 is 1.90 bits per heavy atom. The highest BCUT2D eigenvalue weighted by molar-refractivity contribution is 7.99. The molecule has 0 aliphatic heterocycles. The molecule has 0 saturated heterocycles. The van der Waals surface area contributed by atoms with Crippen LogP contribution in [0.4, 0.5) is 11.4 Å². The van der Waals surface area contributed by atoms with Crippen molar-refractivity contribution in [2.24, 2.45) is 7.05 Å². The molecular formula is C21H22N6OS. The van der Waals surface area contributed by atoms with Gasteiger partial charge in [0.1, 0.15) is 5.52 Å². The number of anilines is 2. The number of aromatic nitrogens is 4. The quantitative estimate of drug-likeness (QED) is 0.510. The first-order valence-electron chi connectivity index (χ1n) is 9.22. The second kappa shape index (κ2) is 7.71. The Labute approximate surface area is 173 Å². The number of nitrogens with one attached hydrogen (secondary N) is 1. The summed E-state index contributed by atoms with van der Waals surface area (Å²) in [6.07, 6.45) is 0. The van der Waals surface area contributed by atoms with Crippen LogP contribution in [-0.2, 0) is 11.8 Å². The maximum atomic E-state index is 12.3. The van der Waals surface area contributed by atoms with E-state index in [-0.39, 0.29) is 11.7 Å². The minimum Gasteiger partial charge on any atom is -0.378 e. The summed E-state index contributed by atoms with van der Waals surface area (Å²) in [7, 11) is 5.92. The minimum absolute atomic E-state index is 0.107. The fourth-order valence-corrected chi connectivity index (χ4v) is 3.77. The molecule has 8 heteroatoms. The number of rotatable bonds is 5. The van der Waals surface area contributed by atoms with E-state index in [0.29, 0.717) is 5.16 Å². The van der Waals surface area contributed by atoms with Crippen LogP contribution in [0.3, 0.4) is 0 Å². The molecule has 1 amide bonds. The molecular weight excluding hydrogens is 384 g/mol. The van der Waals surface area contributed by atoms with Crippen molar-refractivity contribution < 1.29 is 4.79 Å². The van der Waals surface area contributed by atoms with Gasteiger partial charge in [-0.15, -0.1) is 10.2 Å². The second-order valence-electron chi connectivity index (χ2n) is 7.12. The topological polar surface area (TPSA) is 75.9 Å². The van der Waals surface area contributed by atoms with Crippen molar-refractivity contribution >= 4 is 51.1 Å². The fraction of sp³-hybridized carbons (Fsp3) is 0.238. The third-order valence-electron chi connectivity index (χ3n) is 4.73. The molecule has 0 aliphatic carbocycles. The van der Waals surface area contributed by atoms with Crippen LogP contribution in [0, 0.1) is 6.92 Å². The van der Waals surface area contributed by atoms with E-state index in [2.05, 4.69) is 45.6 Å². The molecule has 0 spiro atoms. The van der Waals surface area contributed by atoms with Crippen LogP contribution >= 0.6 is 11.8 Å². The van der Waals surface area contributed by atoms with Crippen LogP contribution in [0.1, 0.15) is 5.56 Å². The zero-order valence-electron chi connectivity index (χ0n) is 16.8. The average Bonchev–Trinajstić information content (AvgIpc) is 2.98. The summed E-state index contributed by atoms with van der Waals surface area (Å²) in [4.78, 5) is 18.9. The standard InChI is InChI=1S/C21H22N6OS/c1-13-5-10-17-16(11-13)19-20(27(17)4)23-21(25-24-19)29-12-18(28)22-14-6-8-15(9-7-14)26(2)3/h5-11H,12H2,1-4H3,(H,22,28). The fourth-order valence-electron chi connectivity index (χ4n) is 3.19. The van der Waals surface area contributed by atoms with E-state index in [4.69, 9.17) is 0 Å². The van der Waals surface area contributed by atoms with Crippen molar-refractivity contribution in [1.29, 1.82) is 0 Å². The molecule has 0 bridgehead atoms. The van der Waals surface area contributed by atoms with Gasteiger partial charge in [-0.25, -0.2) is 4.98 Å². The maximum Gasteiger partial charge on any atom is 0.234 e. The Balaban J connectivity index is 1.47. The van der Waals surface area contributed by atoms with Crippen LogP contribution in [0.25, 0.3) is 22.1 Å². The van der Waals surface area contributed by atoms with E-state index in [1.54, 1.807) is 0 Å². The molecule has 0 fully saturated rings. The van der Waals surface area contributed by atoms with Gasteiger partial charge in [0.2, 0.25) is 11.1 Å². The molecule has 0 unspecified atom stereocenters. The molecule has 0 aliphatic rings. The first kappa shape index (κ1) is 19.2. The number of nitrogens with zero attached hydrogens (tertiary/aromatic N) is 5. The molecule has 4 aromatic rings. The highest BCUT2D eigenvalue weighted by atomic mass is 32.2. The largest absolute Gasteiger partial charge is 0.378 e. The SMILES string of the molecule is Cc1ccc2c(c1)c1nnc(SCC(=O)Nc3ccc(N(C)C)cc3)nc1n2C. The number of fused-ring (bicyclic) bond motifs is 3. The van der Waals surface area contributed by atoms with E-state index in [0.717, 1.165) is 33.4 Å². The van der Waals surface area contributed by atoms with Gasteiger partial charge >= 0.3 is 0 Å². The summed E-state index contributed by atoms with van der Waals surface area (Å²) in [5.41, 5.74) is 5.62. The van der Waals surface area contributed by atoms with Crippen molar-refractivity contribution in [3.8, 4) is 0 Å². The van der Waals surface area contributed by atoms with Crippen molar-refractivity contribution in [1.82, 2.24) is 19.7 Å². The van der Waals surface area contributed by atoms with Crippen LogP contribution in [0.2, 0.25) is 0 Å². The lowest BCUT2D eigenvalue weighted by Crippen LogP contribution is -2.14. The normalized spacial score (nSPS) is 11.2. The second-order valence-corrected chi connectivity index (χ2v) is 8.07. The molecule has 148 valence electrons. The minimum atomic E-state index is -0.107. The highest BCUT2D eigenvalue weighted by Crippen LogP contribution is 2.27. The number of thioether (sulfide) groups is 1. The van der Waals surface area contributed by atoms with E-state index in [1.807, 2.05) is 54.9 Å². The summed E-state index contributed by atoms with van der Waals surface area (Å²) < 4.78 is 2.01. The van der Waals surface area contributed by atoms with Crippen molar-refractivity contribution in [2.75, 3.05) is 30.1 Å². The summed E-state index contributed by atoms with van der Waals surface area (Å²) >= 11 is 1.27. The molecule has 2 aromatic carbocycles. The van der Waals surface area contributed by atoms with Gasteiger partial charge in [-0.2, -0.15) is 0 Å². The number of benzene rings is 2. The smallest absolute Gasteiger partial charge is 0.234 e. The van der Waals surface area contributed by atoms with Gasteiger partial charge in [0.25, 0.3) is 0 Å². The van der Waals surface area contributed by atoms with Gasteiger partial charge in [-0.05, 0) is 43.3 Å². The molecule has 7 nitrogen and oxygen atoms in total. The molecule has 0 radical (unpaired) electrons. The summed E-state index contributed by atoms with van der Waals surface area (Å²) in [5.74, 6) is 0.107. The number of aryl methyl sites for hydroxylation is 2. The van der Waals surface area contributed by atoms with Gasteiger partial charge in [-0.3, -0.25) is 4.79 Å². The summed E-state index contributed by atoms with van der Waals surface area (Å²) in [6, 6.07) is 13.9. The Hall–Kier alpha value is -3.13. The predicted molar refractivity (Wildman–Crippen MR) is 119 cm³/mol. The Kier molecular flexibility index (Phi) is 5.10. The maximum absolute atomic E-state index is 12.3. The van der Waals surface area contributed by atoms with Crippen LogP contribution in [0.5, 0.6) is 0 Å². The monoisotopic (exact) mass is 406 g/mol. The lowest BCUT2D eigenvalue weighted by molar-refractivity contribution is -0.113. The molecule has 29 heavy (non-hydrogen) atoms. The van der Waals surface area contributed by atoms with Gasteiger partial charge in [0.15, 0.2) is 5.65 Å². The predicted octanol–water partition coefficient (Wildman–Crippen LogP) is 3.62. The number of hydrogen-bond donors (Lipinski definition) is 1. The van der Waals surface area contributed by atoms with Crippen molar-refractivity contribution in [3.05, 3.63) is 48.0 Å². The van der Waals surface area contributed by atoms with Crippen LogP contribution < -0.4 is 10.2 Å². The number of carbonyl (C=O) groups is 1. The Morgan fingerprint density at radius 3 is 2.62 bits per heavy atom. The summed E-state index contributed by atoms with van der Waals surface area (Å²) in [5, 5.41) is 13.0. The molecule has 0 atom stereocenters. The van der Waals surface area contributed by atoms with Crippen LogP contribution in [0.15, 0.2) is 47.6 Å². The first-order chi connectivity index (χ1) is 13.9. The van der Waals surface area contributed by atoms with E-state index in [9.17, 15) is 4.79 Å². The summed E-state index contributed by atoms with van der Waals surface area (Å²) in [6.45, 7) is 2.05. The van der Waals surface area contributed by atoms with Crippen molar-refractivity contribution in [3.63, 3.8) is 0 Å². The van der Waals surface area contributed by atoms with E-state index < -0.39 is 0 Å². The molecule has 4 rings (SSSR count). The zero-order chi connectivity index (χ0) is 20.5. The third kappa shape index (κ3) is 3.88. The number of amides is 1. The number of hydrogen-bond acceptors (Lipinski definition) is 6. The number of carbonyl (C=O) groups excluding carboxylic acids is 1. The Bertz CT molecular complexity index is 1200. The highest BCUT2D eigenvalue weighted by Gasteiger charge is 2.14. The molecule has 0 saturated carbocycles. The van der Waals surface area contributed by atoms with Gasteiger partial charge in [0, 0.05) is 37.9 Å². The lowest BCUT2D eigenvalue weighted by Gasteiger charge is -2.12. The lowest BCUT2D eigenvalue weighted by atomic mass is 10.2. The van der Waals surface area contributed by atoms with Gasteiger partial charge < -0.3 is 14.8 Å². The Morgan fingerprint density at radius 1 is 1.14 bits per heavy atom. The van der Waals surface area contributed by atoms with E-state index in [1.165, 1.54) is 17.3 Å². The van der Waals surface area contributed by atoms with Gasteiger partial charge in [-0.1, -0.05) is 23.4 Å². The molecule has 2 heterocycles. The average molecular weight is 407 g/mol. The van der Waals surface area contributed by atoms with Crippen LogP contribution in [-0.4, -0.2) is 45.5 Å².